The Kier molecular flexibility index (Phi) is 4.04. The average Bonchev–Trinajstić information content (AvgIpc) is 2.79. The molecule has 0 radical (unpaired) electrons. The molecule has 0 aromatic heterocycles. The Morgan fingerprint density at radius 1 is 1.33 bits per heavy atom. The van der Waals surface area contributed by atoms with Gasteiger partial charge in [0.2, 0.25) is 0 Å². The number of nitrogens with two attached hydrogens (primary N) is 1. The van der Waals surface area contributed by atoms with Gasteiger partial charge in [-0.15, -0.1) is 0 Å². The van der Waals surface area contributed by atoms with Crippen LogP contribution in [0.5, 0.6) is 0 Å². The molecule has 4 unspecified atom stereocenters. The van der Waals surface area contributed by atoms with Gasteiger partial charge in [-0.25, -0.2) is 0 Å². The van der Waals surface area contributed by atoms with Gasteiger partial charge in [0.05, 0.1) is 0 Å². The maximum Gasteiger partial charge on any atom is 0.00507 e. The number of nitrogens with one attached hydrogen (secondary N) is 1. The van der Waals surface area contributed by atoms with Crippen LogP contribution in [-0.2, 0) is 0 Å². The van der Waals surface area contributed by atoms with Gasteiger partial charge in [0.1, 0.15) is 0 Å². The van der Waals surface area contributed by atoms with Gasteiger partial charge in [-0.2, -0.15) is 0 Å². The quantitative estimate of drug-likeness (QED) is 0.705. The van der Waals surface area contributed by atoms with Gasteiger partial charge in [-0.1, -0.05) is 6.42 Å². The summed E-state index contributed by atoms with van der Waals surface area (Å²) in [6.45, 7) is 4.25. The first kappa shape index (κ1) is 11.4. The van der Waals surface area contributed by atoms with Gasteiger partial charge in [0, 0.05) is 6.04 Å². The van der Waals surface area contributed by atoms with Gasteiger partial charge in [-0.3, -0.25) is 0 Å². The highest BCUT2D eigenvalue weighted by atomic mass is 14.9. The molecule has 2 nitrogen and oxygen atoms in total. The molecule has 2 fully saturated rings. The molecule has 88 valence electrons. The third kappa shape index (κ3) is 2.94. The fourth-order valence-electron chi connectivity index (χ4n) is 3.60. The molecule has 2 saturated carbocycles. The molecule has 0 amide bonds. The highest BCUT2D eigenvalue weighted by Gasteiger charge is 2.38. The van der Waals surface area contributed by atoms with Crippen LogP contribution in [0.25, 0.3) is 0 Å². The van der Waals surface area contributed by atoms with Gasteiger partial charge in [0.25, 0.3) is 0 Å². The van der Waals surface area contributed by atoms with E-state index < -0.39 is 0 Å². The molecule has 0 saturated heterocycles. The molecule has 2 aliphatic rings. The SMILES string of the molecule is CC(CCN)NCCC1CC2CCC1C2. The van der Waals surface area contributed by atoms with E-state index in [1.54, 1.807) is 6.42 Å². The molecule has 15 heavy (non-hydrogen) atoms. The van der Waals surface area contributed by atoms with E-state index >= 15 is 0 Å². The zero-order valence-electron chi connectivity index (χ0n) is 10.0. The molecule has 0 aromatic rings. The predicted molar refractivity (Wildman–Crippen MR) is 64.7 cm³/mol. The van der Waals surface area contributed by atoms with Crippen molar-refractivity contribution in [1.29, 1.82) is 0 Å². The van der Waals surface area contributed by atoms with Crippen LogP contribution < -0.4 is 11.1 Å². The first-order chi connectivity index (χ1) is 7.29. The Hall–Kier alpha value is -0.0800. The second kappa shape index (κ2) is 5.31. The third-order valence-corrected chi connectivity index (χ3v) is 4.49. The summed E-state index contributed by atoms with van der Waals surface area (Å²) < 4.78 is 0. The van der Waals surface area contributed by atoms with E-state index in [0.29, 0.717) is 6.04 Å². The van der Waals surface area contributed by atoms with Crippen LogP contribution in [0, 0.1) is 17.8 Å². The summed E-state index contributed by atoms with van der Waals surface area (Å²) >= 11 is 0. The van der Waals surface area contributed by atoms with E-state index in [1.807, 2.05) is 0 Å². The van der Waals surface area contributed by atoms with Crippen molar-refractivity contribution in [3.05, 3.63) is 0 Å². The van der Waals surface area contributed by atoms with Crippen molar-refractivity contribution in [2.45, 2.75) is 51.5 Å². The maximum absolute atomic E-state index is 5.53. The van der Waals surface area contributed by atoms with Gasteiger partial charge < -0.3 is 11.1 Å². The summed E-state index contributed by atoms with van der Waals surface area (Å²) in [5.74, 6) is 3.23. The van der Waals surface area contributed by atoms with Gasteiger partial charge in [0.15, 0.2) is 0 Å². The Balaban J connectivity index is 1.58. The minimum absolute atomic E-state index is 0.605. The fraction of sp³-hybridized carbons (Fsp3) is 1.00. The lowest BCUT2D eigenvalue weighted by Gasteiger charge is -2.22. The van der Waals surface area contributed by atoms with Gasteiger partial charge >= 0.3 is 0 Å². The average molecular weight is 210 g/mol. The molecule has 2 bridgehead atoms. The van der Waals surface area contributed by atoms with Crippen molar-refractivity contribution >= 4 is 0 Å². The van der Waals surface area contributed by atoms with Crippen molar-refractivity contribution in [3.63, 3.8) is 0 Å². The number of hydrogen-bond acceptors (Lipinski definition) is 2. The second-order valence-electron chi connectivity index (χ2n) is 5.66. The summed E-state index contributed by atoms with van der Waals surface area (Å²) in [4.78, 5) is 0. The molecule has 2 aliphatic carbocycles. The molecule has 4 atom stereocenters. The minimum Gasteiger partial charge on any atom is -0.330 e. The van der Waals surface area contributed by atoms with Crippen molar-refractivity contribution in [2.24, 2.45) is 23.5 Å². The van der Waals surface area contributed by atoms with Crippen molar-refractivity contribution in [3.8, 4) is 0 Å². The highest BCUT2D eigenvalue weighted by molar-refractivity contribution is 4.90. The fourth-order valence-corrected chi connectivity index (χ4v) is 3.60. The van der Waals surface area contributed by atoms with E-state index in [-0.39, 0.29) is 0 Å². The van der Waals surface area contributed by atoms with Crippen LogP contribution in [-0.4, -0.2) is 19.1 Å². The Morgan fingerprint density at radius 3 is 2.80 bits per heavy atom. The van der Waals surface area contributed by atoms with E-state index in [9.17, 15) is 0 Å². The Morgan fingerprint density at radius 2 is 2.20 bits per heavy atom. The van der Waals surface area contributed by atoms with Crippen LogP contribution in [0.1, 0.15) is 45.4 Å². The molecule has 3 N–H and O–H groups in total. The predicted octanol–water partition coefficient (Wildman–Crippen LogP) is 2.14. The lowest BCUT2D eigenvalue weighted by Crippen LogP contribution is -2.30. The summed E-state index contributed by atoms with van der Waals surface area (Å²) in [6.07, 6.45) is 8.62. The maximum atomic E-state index is 5.53. The molecule has 2 rings (SSSR count). The van der Waals surface area contributed by atoms with Crippen LogP contribution >= 0.6 is 0 Å². The smallest absolute Gasteiger partial charge is 0.00507 e. The minimum atomic E-state index is 0.605. The summed E-state index contributed by atoms with van der Waals surface area (Å²) in [5.41, 5.74) is 5.53. The lowest BCUT2D eigenvalue weighted by molar-refractivity contribution is 0.305. The topological polar surface area (TPSA) is 38.0 Å². The largest absolute Gasteiger partial charge is 0.330 e. The molecule has 0 spiro atoms. The Bertz CT molecular complexity index is 193. The van der Waals surface area contributed by atoms with Crippen LogP contribution in [0.3, 0.4) is 0 Å². The van der Waals surface area contributed by atoms with E-state index in [4.69, 9.17) is 5.73 Å². The highest BCUT2D eigenvalue weighted by Crippen LogP contribution is 2.49. The van der Waals surface area contributed by atoms with Crippen molar-refractivity contribution in [1.82, 2.24) is 5.32 Å². The summed E-state index contributed by atoms with van der Waals surface area (Å²) in [7, 11) is 0. The molecular formula is C13H26N2. The molecule has 2 heteroatoms. The number of hydrogen-bond donors (Lipinski definition) is 2. The zero-order valence-corrected chi connectivity index (χ0v) is 10.0. The molecule has 0 aromatic carbocycles. The molecular weight excluding hydrogens is 184 g/mol. The van der Waals surface area contributed by atoms with E-state index in [2.05, 4.69) is 12.2 Å². The van der Waals surface area contributed by atoms with E-state index in [1.165, 1.54) is 32.2 Å². The molecule has 0 aliphatic heterocycles. The normalized spacial score (nSPS) is 36.0. The van der Waals surface area contributed by atoms with Crippen molar-refractivity contribution in [2.75, 3.05) is 13.1 Å². The first-order valence-corrected chi connectivity index (χ1v) is 6.73. The van der Waals surface area contributed by atoms with Crippen molar-refractivity contribution < 1.29 is 0 Å². The second-order valence-corrected chi connectivity index (χ2v) is 5.66. The third-order valence-electron chi connectivity index (χ3n) is 4.49. The van der Waals surface area contributed by atoms with Crippen LogP contribution in [0.2, 0.25) is 0 Å². The van der Waals surface area contributed by atoms with Crippen LogP contribution in [0.15, 0.2) is 0 Å². The van der Waals surface area contributed by atoms with Crippen LogP contribution in [0.4, 0.5) is 0 Å². The number of rotatable bonds is 6. The lowest BCUT2D eigenvalue weighted by atomic mass is 9.86. The Labute approximate surface area is 94.0 Å². The standard InChI is InChI=1S/C13H26N2/c1-10(4-6-14)15-7-5-13-9-11-2-3-12(13)8-11/h10-13,15H,2-9,14H2,1H3. The number of fused-ring (bicyclic) bond motifs is 2. The summed E-state index contributed by atoms with van der Waals surface area (Å²) in [6, 6.07) is 0.605. The first-order valence-electron chi connectivity index (χ1n) is 6.73. The van der Waals surface area contributed by atoms with Gasteiger partial charge in [-0.05, 0) is 69.9 Å². The monoisotopic (exact) mass is 210 g/mol. The zero-order chi connectivity index (χ0) is 10.7. The summed E-state index contributed by atoms with van der Waals surface area (Å²) in [5, 5.41) is 3.59. The molecule has 0 heterocycles. The van der Waals surface area contributed by atoms with E-state index in [0.717, 1.165) is 30.7 Å².